The maximum atomic E-state index is 13.7. The highest BCUT2D eigenvalue weighted by Crippen LogP contribution is 2.44. The molecule has 0 radical (unpaired) electrons. The molecule has 0 aromatic heterocycles. The molecule has 180 valence electrons. The summed E-state index contributed by atoms with van der Waals surface area (Å²) in [6.07, 6.45) is 1.85. The van der Waals surface area contributed by atoms with E-state index in [0.717, 1.165) is 37.3 Å². The predicted octanol–water partition coefficient (Wildman–Crippen LogP) is 7.08. The van der Waals surface area contributed by atoms with Gasteiger partial charge in [0.25, 0.3) is 0 Å². The first-order chi connectivity index (χ1) is 17.8. The molecule has 0 saturated carbocycles. The summed E-state index contributed by atoms with van der Waals surface area (Å²) in [6, 6.07) is 39.9. The Morgan fingerprint density at radius 1 is 0.750 bits per heavy atom. The van der Waals surface area contributed by atoms with Crippen LogP contribution in [0, 0.1) is 0 Å². The van der Waals surface area contributed by atoms with Crippen LogP contribution in [0.2, 0.25) is 0 Å². The number of amides is 2. The number of urea groups is 1. The molecule has 2 aliphatic rings. The monoisotopic (exact) mass is 473 g/mol. The Balaban J connectivity index is 1.32. The van der Waals surface area contributed by atoms with Gasteiger partial charge in [0.1, 0.15) is 0 Å². The molecule has 1 saturated heterocycles. The van der Waals surface area contributed by atoms with Gasteiger partial charge in [-0.2, -0.15) is 0 Å². The van der Waals surface area contributed by atoms with Crippen molar-refractivity contribution in [3.05, 3.63) is 132 Å². The second-order valence-electron chi connectivity index (χ2n) is 9.78. The van der Waals surface area contributed by atoms with Crippen LogP contribution in [0.5, 0.6) is 0 Å². The summed E-state index contributed by atoms with van der Waals surface area (Å²) in [5, 5.41) is 3.13. The number of anilines is 2. The van der Waals surface area contributed by atoms with Gasteiger partial charge in [0.05, 0.1) is 0 Å². The zero-order valence-corrected chi connectivity index (χ0v) is 20.3. The van der Waals surface area contributed by atoms with Gasteiger partial charge in [0.2, 0.25) is 0 Å². The number of nitrogens with zero attached hydrogens (tertiary/aromatic N) is 2. The van der Waals surface area contributed by atoms with Gasteiger partial charge in [-0.1, -0.05) is 91.0 Å². The van der Waals surface area contributed by atoms with Crippen molar-refractivity contribution in [1.29, 1.82) is 0 Å². The number of piperidine rings is 1. The molecule has 6 rings (SSSR count). The summed E-state index contributed by atoms with van der Waals surface area (Å²) in [5.41, 5.74) is 5.95. The zero-order chi connectivity index (χ0) is 24.3. The molecular formula is C32H31N3O. The number of hydrogen-bond acceptors (Lipinski definition) is 2. The van der Waals surface area contributed by atoms with Crippen molar-refractivity contribution in [2.75, 3.05) is 23.3 Å². The van der Waals surface area contributed by atoms with E-state index in [1.807, 2.05) is 65.6 Å². The third kappa shape index (κ3) is 4.40. The molecule has 3 atom stereocenters. The Morgan fingerprint density at radius 3 is 2.08 bits per heavy atom. The molecule has 0 aliphatic carbocycles. The molecule has 4 aromatic rings. The van der Waals surface area contributed by atoms with Crippen LogP contribution in [0.3, 0.4) is 0 Å². The molecule has 2 heterocycles. The number of hydrogen-bond donors (Lipinski definition) is 1. The van der Waals surface area contributed by atoms with Crippen molar-refractivity contribution in [1.82, 2.24) is 4.90 Å². The number of carbonyl (C=O) groups excluding carboxylic acids is 1. The van der Waals surface area contributed by atoms with E-state index in [0.29, 0.717) is 12.0 Å². The predicted molar refractivity (Wildman–Crippen MR) is 146 cm³/mol. The highest BCUT2D eigenvalue weighted by molar-refractivity contribution is 6.02. The van der Waals surface area contributed by atoms with Gasteiger partial charge < -0.3 is 5.32 Å². The molecule has 0 bridgehead atoms. The van der Waals surface area contributed by atoms with Crippen LogP contribution in [-0.4, -0.2) is 30.1 Å². The largest absolute Gasteiger partial charge is 0.326 e. The minimum Gasteiger partial charge on any atom is -0.308 e. The van der Waals surface area contributed by atoms with Crippen molar-refractivity contribution in [2.24, 2.45) is 0 Å². The summed E-state index contributed by atoms with van der Waals surface area (Å²) < 4.78 is 0. The molecule has 4 nitrogen and oxygen atoms in total. The van der Waals surface area contributed by atoms with Crippen LogP contribution in [0.15, 0.2) is 115 Å². The number of fused-ring (bicyclic) bond motifs is 3. The third-order valence-electron chi connectivity index (χ3n) is 7.68. The second-order valence-corrected chi connectivity index (χ2v) is 9.78. The molecule has 2 amide bonds. The van der Waals surface area contributed by atoms with E-state index in [1.165, 1.54) is 16.7 Å². The van der Waals surface area contributed by atoms with E-state index in [9.17, 15) is 4.79 Å². The molecule has 1 fully saturated rings. The van der Waals surface area contributed by atoms with Crippen LogP contribution in [0.1, 0.15) is 41.5 Å². The van der Waals surface area contributed by atoms with Crippen molar-refractivity contribution in [3.8, 4) is 0 Å². The summed E-state index contributed by atoms with van der Waals surface area (Å²) in [7, 11) is 0. The van der Waals surface area contributed by atoms with Crippen molar-refractivity contribution < 1.29 is 4.79 Å². The maximum Gasteiger partial charge on any atom is 0.326 e. The van der Waals surface area contributed by atoms with Crippen LogP contribution < -0.4 is 10.2 Å². The number of para-hydroxylation sites is 2. The topological polar surface area (TPSA) is 35.6 Å². The first-order valence-electron chi connectivity index (χ1n) is 12.9. The number of rotatable bonds is 4. The van der Waals surface area contributed by atoms with Gasteiger partial charge in [0, 0.05) is 42.5 Å². The lowest BCUT2D eigenvalue weighted by Gasteiger charge is -2.48. The lowest BCUT2D eigenvalue weighted by Crippen LogP contribution is -2.52. The molecule has 0 unspecified atom stereocenters. The zero-order valence-electron chi connectivity index (χ0n) is 20.3. The minimum absolute atomic E-state index is 0.0721. The Bertz CT molecular complexity index is 1310. The van der Waals surface area contributed by atoms with Crippen molar-refractivity contribution in [2.45, 2.75) is 30.8 Å². The van der Waals surface area contributed by atoms with Crippen molar-refractivity contribution >= 4 is 17.4 Å². The quantitative estimate of drug-likeness (QED) is 0.344. The summed E-state index contributed by atoms with van der Waals surface area (Å²) in [4.78, 5) is 18.3. The Labute approximate surface area is 213 Å². The van der Waals surface area contributed by atoms with Crippen molar-refractivity contribution in [3.63, 3.8) is 0 Å². The fourth-order valence-corrected chi connectivity index (χ4v) is 5.99. The van der Waals surface area contributed by atoms with Gasteiger partial charge in [-0.25, -0.2) is 4.79 Å². The molecule has 0 spiro atoms. The molecule has 4 aromatic carbocycles. The van der Waals surface area contributed by atoms with Gasteiger partial charge in [-0.05, 0) is 53.8 Å². The van der Waals surface area contributed by atoms with Crippen LogP contribution in [-0.2, 0) is 0 Å². The van der Waals surface area contributed by atoms with E-state index in [2.05, 4.69) is 64.8 Å². The van der Waals surface area contributed by atoms with Gasteiger partial charge >= 0.3 is 6.03 Å². The SMILES string of the molecule is O=C(Nc1ccccc1)N(c1ccccc1)[C@@H]1CCN2C[C@@H](c3ccccc3)c3ccccc3[C@@H]2C1. The van der Waals surface area contributed by atoms with E-state index < -0.39 is 0 Å². The molecular weight excluding hydrogens is 442 g/mol. The lowest BCUT2D eigenvalue weighted by atomic mass is 9.77. The molecule has 36 heavy (non-hydrogen) atoms. The van der Waals surface area contributed by atoms with E-state index in [4.69, 9.17) is 0 Å². The van der Waals surface area contributed by atoms with Gasteiger partial charge in [-0.15, -0.1) is 0 Å². The molecule has 1 N–H and O–H groups in total. The van der Waals surface area contributed by atoms with Crippen LogP contribution in [0.4, 0.5) is 16.2 Å². The standard InChI is InChI=1S/C32H31N3O/c36-32(33-25-14-6-2-7-15-25)35(26-16-8-3-9-17-26)27-20-21-34-23-30(24-12-4-1-5-13-24)28-18-10-11-19-29(28)31(34)22-27/h1-19,27,30-31H,20-23H2,(H,33,36)/t27-,30+,31+/m1/s1. The fraction of sp³-hybridized carbons (Fsp3) is 0.219. The number of nitrogens with one attached hydrogen (secondary N) is 1. The second kappa shape index (κ2) is 10.00. The number of benzene rings is 4. The summed E-state index contributed by atoms with van der Waals surface area (Å²) in [5.74, 6) is 0.377. The Morgan fingerprint density at radius 2 is 1.36 bits per heavy atom. The third-order valence-corrected chi connectivity index (χ3v) is 7.68. The van der Waals surface area contributed by atoms with Crippen LogP contribution >= 0.6 is 0 Å². The smallest absolute Gasteiger partial charge is 0.308 e. The average Bonchev–Trinajstić information content (AvgIpc) is 2.94. The van der Waals surface area contributed by atoms with Gasteiger partial charge in [-0.3, -0.25) is 9.80 Å². The summed E-state index contributed by atoms with van der Waals surface area (Å²) in [6.45, 7) is 1.98. The molecule has 4 heteroatoms. The highest BCUT2D eigenvalue weighted by Gasteiger charge is 2.40. The maximum absolute atomic E-state index is 13.7. The molecule has 2 aliphatic heterocycles. The van der Waals surface area contributed by atoms with Crippen LogP contribution in [0.25, 0.3) is 0 Å². The Hall–Kier alpha value is -3.89. The fourth-order valence-electron chi connectivity index (χ4n) is 5.99. The number of carbonyl (C=O) groups is 1. The lowest BCUT2D eigenvalue weighted by molar-refractivity contribution is 0.117. The minimum atomic E-state index is -0.0721. The van der Waals surface area contributed by atoms with E-state index in [-0.39, 0.29) is 12.1 Å². The highest BCUT2D eigenvalue weighted by atomic mass is 16.2. The Kier molecular flexibility index (Phi) is 6.27. The first kappa shape index (κ1) is 22.6. The van der Waals surface area contributed by atoms with E-state index >= 15 is 0 Å². The van der Waals surface area contributed by atoms with E-state index in [1.54, 1.807) is 0 Å². The average molecular weight is 474 g/mol. The first-order valence-corrected chi connectivity index (χ1v) is 12.9. The van der Waals surface area contributed by atoms with Gasteiger partial charge in [0.15, 0.2) is 0 Å². The normalized spacial score (nSPS) is 21.2. The summed E-state index contributed by atoms with van der Waals surface area (Å²) >= 11 is 0.